The Balaban J connectivity index is 2.60. The smallest absolute Gasteiger partial charge is 0.205 e. The third kappa shape index (κ3) is 2.33. The van der Waals surface area contributed by atoms with Crippen LogP contribution in [0, 0.1) is 13.8 Å². The third-order valence-corrected chi connectivity index (χ3v) is 2.84. The highest BCUT2D eigenvalue weighted by Gasteiger charge is 2.10. The quantitative estimate of drug-likeness (QED) is 0.875. The molecule has 1 unspecified atom stereocenters. The highest BCUT2D eigenvalue weighted by atomic mass is 16.1. The Labute approximate surface area is 106 Å². The predicted octanol–water partition coefficient (Wildman–Crippen LogP) is 1.87. The summed E-state index contributed by atoms with van der Waals surface area (Å²) in [5.74, 6) is 0. The van der Waals surface area contributed by atoms with Crippen LogP contribution in [-0.4, -0.2) is 9.78 Å². The Bertz CT molecular complexity index is 612. The van der Waals surface area contributed by atoms with E-state index in [2.05, 4.69) is 5.10 Å². The zero-order valence-corrected chi connectivity index (χ0v) is 10.8. The average molecular weight is 243 g/mol. The molecule has 0 spiro atoms. The summed E-state index contributed by atoms with van der Waals surface area (Å²) in [6.45, 7) is 5.65. The van der Waals surface area contributed by atoms with Crippen molar-refractivity contribution in [1.82, 2.24) is 9.78 Å². The van der Waals surface area contributed by atoms with E-state index in [1.807, 2.05) is 38.1 Å². The van der Waals surface area contributed by atoms with Crippen LogP contribution in [0.1, 0.15) is 29.9 Å². The second-order valence-corrected chi connectivity index (χ2v) is 4.57. The van der Waals surface area contributed by atoms with Gasteiger partial charge in [-0.3, -0.25) is 4.79 Å². The Hall–Kier alpha value is -1.94. The molecule has 94 valence electrons. The highest BCUT2D eigenvalue weighted by Crippen LogP contribution is 2.11. The molecule has 0 fully saturated rings. The van der Waals surface area contributed by atoms with Gasteiger partial charge < -0.3 is 5.73 Å². The number of aryl methyl sites for hydroxylation is 2. The molecule has 0 saturated heterocycles. The maximum absolute atomic E-state index is 11.8. The topological polar surface area (TPSA) is 60.9 Å². The monoisotopic (exact) mass is 243 g/mol. The molecule has 1 heterocycles. The molecule has 2 rings (SSSR count). The summed E-state index contributed by atoms with van der Waals surface area (Å²) < 4.78 is 1.75. The molecule has 2 N–H and O–H groups in total. The molecule has 0 aliphatic heterocycles. The zero-order valence-electron chi connectivity index (χ0n) is 10.8. The number of aromatic nitrogens is 2. The number of nitrogens with zero attached hydrogens (tertiary/aromatic N) is 2. The molecular formula is C14H17N3O. The molecule has 0 aliphatic carbocycles. The minimum absolute atomic E-state index is 0.106. The molecule has 4 nitrogen and oxygen atoms in total. The largest absolute Gasteiger partial charge is 0.323 e. The lowest BCUT2D eigenvalue weighted by Gasteiger charge is -2.12. The van der Waals surface area contributed by atoms with Gasteiger partial charge in [0.1, 0.15) is 5.69 Å². The summed E-state index contributed by atoms with van der Waals surface area (Å²) in [7, 11) is 0. The number of hydrogen-bond acceptors (Lipinski definition) is 3. The van der Waals surface area contributed by atoms with E-state index in [0.717, 1.165) is 11.4 Å². The summed E-state index contributed by atoms with van der Waals surface area (Å²) in [5, 5.41) is 4.35. The second kappa shape index (κ2) is 4.74. The molecule has 18 heavy (non-hydrogen) atoms. The van der Waals surface area contributed by atoms with Crippen LogP contribution in [0.25, 0.3) is 5.69 Å². The molecular weight excluding hydrogens is 226 g/mol. The lowest BCUT2D eigenvalue weighted by Crippen LogP contribution is -2.24. The van der Waals surface area contributed by atoms with Gasteiger partial charge in [0, 0.05) is 17.8 Å². The molecule has 0 aliphatic rings. The third-order valence-electron chi connectivity index (χ3n) is 2.84. The lowest BCUT2D eigenvalue weighted by atomic mass is 10.2. The van der Waals surface area contributed by atoms with Gasteiger partial charge in [0.2, 0.25) is 5.43 Å². The van der Waals surface area contributed by atoms with Crippen molar-refractivity contribution < 1.29 is 0 Å². The van der Waals surface area contributed by atoms with Crippen molar-refractivity contribution in [3.63, 3.8) is 0 Å². The molecule has 0 saturated carbocycles. The fraction of sp³-hybridized carbons (Fsp3) is 0.286. The molecule has 2 aromatic rings. The molecule has 0 radical (unpaired) electrons. The van der Waals surface area contributed by atoms with Crippen molar-refractivity contribution in [1.29, 1.82) is 0 Å². The van der Waals surface area contributed by atoms with Gasteiger partial charge in [-0.15, -0.1) is 0 Å². The van der Waals surface area contributed by atoms with Gasteiger partial charge in [-0.1, -0.05) is 17.7 Å². The Morgan fingerprint density at radius 3 is 2.39 bits per heavy atom. The molecule has 0 bridgehead atoms. The van der Waals surface area contributed by atoms with Crippen molar-refractivity contribution in [2.75, 3.05) is 0 Å². The van der Waals surface area contributed by atoms with E-state index in [9.17, 15) is 4.79 Å². The van der Waals surface area contributed by atoms with E-state index in [-0.39, 0.29) is 11.5 Å². The van der Waals surface area contributed by atoms with E-state index >= 15 is 0 Å². The van der Waals surface area contributed by atoms with E-state index in [4.69, 9.17) is 5.73 Å². The average Bonchev–Trinajstić information content (AvgIpc) is 2.30. The normalized spacial score (nSPS) is 12.4. The van der Waals surface area contributed by atoms with Gasteiger partial charge >= 0.3 is 0 Å². The number of hydrogen-bond donors (Lipinski definition) is 1. The summed E-state index contributed by atoms with van der Waals surface area (Å²) >= 11 is 0. The van der Waals surface area contributed by atoms with Crippen molar-refractivity contribution in [3.8, 4) is 5.69 Å². The molecule has 1 atom stereocenters. The van der Waals surface area contributed by atoms with Crippen LogP contribution in [0.5, 0.6) is 0 Å². The molecule has 0 amide bonds. The van der Waals surface area contributed by atoms with Crippen LogP contribution in [0.15, 0.2) is 35.1 Å². The minimum Gasteiger partial charge on any atom is -0.323 e. The minimum atomic E-state index is -0.366. The van der Waals surface area contributed by atoms with Gasteiger partial charge in [-0.2, -0.15) is 5.10 Å². The van der Waals surface area contributed by atoms with Crippen LogP contribution in [-0.2, 0) is 0 Å². The van der Waals surface area contributed by atoms with E-state index in [1.54, 1.807) is 17.7 Å². The lowest BCUT2D eigenvalue weighted by molar-refractivity contribution is 0.687. The van der Waals surface area contributed by atoms with Crippen LogP contribution < -0.4 is 11.2 Å². The van der Waals surface area contributed by atoms with Gasteiger partial charge in [0.15, 0.2) is 0 Å². The van der Waals surface area contributed by atoms with E-state index in [0.29, 0.717) is 5.69 Å². The highest BCUT2D eigenvalue weighted by molar-refractivity contribution is 5.35. The van der Waals surface area contributed by atoms with Crippen molar-refractivity contribution >= 4 is 0 Å². The van der Waals surface area contributed by atoms with Crippen molar-refractivity contribution in [3.05, 3.63) is 57.5 Å². The van der Waals surface area contributed by atoms with Gasteiger partial charge in [0.25, 0.3) is 0 Å². The molecule has 1 aromatic heterocycles. The number of benzene rings is 1. The molecule has 1 aromatic carbocycles. The Kier molecular flexibility index (Phi) is 3.30. The second-order valence-electron chi connectivity index (χ2n) is 4.57. The molecule has 4 heteroatoms. The maximum Gasteiger partial charge on any atom is 0.205 e. The van der Waals surface area contributed by atoms with Gasteiger partial charge in [0.05, 0.1) is 5.69 Å². The van der Waals surface area contributed by atoms with E-state index < -0.39 is 0 Å². The zero-order chi connectivity index (χ0) is 13.3. The van der Waals surface area contributed by atoms with Gasteiger partial charge in [-0.05, 0) is 32.9 Å². The number of rotatable bonds is 2. The first-order chi connectivity index (χ1) is 8.49. The Morgan fingerprint density at radius 1 is 1.22 bits per heavy atom. The van der Waals surface area contributed by atoms with Crippen molar-refractivity contribution in [2.45, 2.75) is 26.8 Å². The SMILES string of the molecule is Cc1ccc(-n2nc(C(C)N)c(=O)cc2C)cc1. The van der Waals surface area contributed by atoms with Crippen LogP contribution in [0.3, 0.4) is 0 Å². The van der Waals surface area contributed by atoms with Gasteiger partial charge in [-0.25, -0.2) is 4.68 Å². The van der Waals surface area contributed by atoms with E-state index in [1.165, 1.54) is 5.56 Å². The fourth-order valence-electron chi connectivity index (χ4n) is 1.82. The number of nitrogens with two attached hydrogens (primary N) is 1. The standard InChI is InChI=1S/C14H17N3O/c1-9-4-6-12(7-5-9)17-10(2)8-13(18)14(16-17)11(3)15/h4-8,11H,15H2,1-3H3. The first-order valence-corrected chi connectivity index (χ1v) is 5.92. The summed E-state index contributed by atoms with van der Waals surface area (Å²) in [4.78, 5) is 11.8. The summed E-state index contributed by atoms with van der Waals surface area (Å²) in [6, 6.07) is 9.19. The predicted molar refractivity (Wildman–Crippen MR) is 71.9 cm³/mol. The van der Waals surface area contributed by atoms with Crippen molar-refractivity contribution in [2.24, 2.45) is 5.73 Å². The summed E-state index contributed by atoms with van der Waals surface area (Å²) in [5.41, 5.74) is 8.96. The Morgan fingerprint density at radius 2 is 1.83 bits per heavy atom. The summed E-state index contributed by atoms with van der Waals surface area (Å²) in [6.07, 6.45) is 0. The fourth-order valence-corrected chi connectivity index (χ4v) is 1.82. The maximum atomic E-state index is 11.8. The van der Waals surface area contributed by atoms with Crippen LogP contribution in [0.4, 0.5) is 0 Å². The van der Waals surface area contributed by atoms with Crippen LogP contribution in [0.2, 0.25) is 0 Å². The van der Waals surface area contributed by atoms with Crippen LogP contribution >= 0.6 is 0 Å². The first kappa shape index (κ1) is 12.5. The first-order valence-electron chi connectivity index (χ1n) is 5.92.